The third-order valence-electron chi connectivity index (χ3n) is 3.42. The Morgan fingerprint density at radius 1 is 1.26 bits per heavy atom. The minimum atomic E-state index is -4.99. The number of rotatable bonds is 9. The van der Waals surface area contributed by atoms with E-state index < -0.39 is 73.4 Å². The summed E-state index contributed by atoms with van der Waals surface area (Å²) in [5, 5.41) is 27.1. The van der Waals surface area contributed by atoms with E-state index >= 15 is 0 Å². The molecule has 0 aliphatic rings. The van der Waals surface area contributed by atoms with Gasteiger partial charge in [-0.15, -0.1) is 0 Å². The first kappa shape index (κ1) is 22.9. The fourth-order valence-electron chi connectivity index (χ4n) is 2.00. The molecule has 0 aromatic heterocycles. The number of aliphatic carboxylic acids is 2. The van der Waals surface area contributed by atoms with Crippen LogP contribution in [0.4, 0.5) is 13.2 Å². The predicted molar refractivity (Wildman–Crippen MR) is 84.5 cm³/mol. The number of aliphatic hydroxyl groups is 1. The summed E-state index contributed by atoms with van der Waals surface area (Å²) in [5.41, 5.74) is 3.18. The van der Waals surface area contributed by atoms with Crippen LogP contribution in [0.2, 0.25) is 0 Å². The Morgan fingerprint density at radius 2 is 1.85 bits per heavy atom. The second-order valence-corrected chi connectivity index (χ2v) is 7.97. The summed E-state index contributed by atoms with van der Waals surface area (Å²) < 4.78 is 56.1. The fourth-order valence-corrected chi connectivity index (χ4v) is 3.52. The van der Waals surface area contributed by atoms with E-state index in [1.807, 2.05) is 0 Å². The number of halogens is 3. The van der Waals surface area contributed by atoms with Crippen molar-refractivity contribution in [1.29, 1.82) is 0 Å². The summed E-state index contributed by atoms with van der Waals surface area (Å²) in [7, 11) is -4.51. The van der Waals surface area contributed by atoms with Crippen molar-refractivity contribution in [3.63, 3.8) is 0 Å². The summed E-state index contributed by atoms with van der Waals surface area (Å²) in [6, 6.07) is 0.474. The number of benzene rings is 1. The molecule has 6 N–H and O–H groups in total. The van der Waals surface area contributed by atoms with Crippen LogP contribution in [0.25, 0.3) is 0 Å². The van der Waals surface area contributed by atoms with Gasteiger partial charge in [0.05, 0.1) is 5.56 Å². The van der Waals surface area contributed by atoms with E-state index in [-0.39, 0.29) is 0 Å². The van der Waals surface area contributed by atoms with Crippen LogP contribution in [-0.4, -0.2) is 51.0 Å². The molecule has 0 heterocycles. The van der Waals surface area contributed by atoms with Gasteiger partial charge in [0.1, 0.15) is 11.8 Å². The number of carbonyl (C=O) groups is 2. The van der Waals surface area contributed by atoms with Crippen molar-refractivity contribution in [1.82, 2.24) is 0 Å². The Bertz CT molecular complexity index is 754. The van der Waals surface area contributed by atoms with Crippen LogP contribution in [0.5, 0.6) is 5.75 Å². The lowest BCUT2D eigenvalue weighted by Gasteiger charge is -2.21. The van der Waals surface area contributed by atoms with E-state index in [1.165, 1.54) is 0 Å². The molecule has 0 amide bonds. The normalized spacial score (nSPS) is 16.2. The molecule has 0 saturated heterocycles. The van der Waals surface area contributed by atoms with Gasteiger partial charge in [-0.2, -0.15) is 13.2 Å². The zero-order valence-electron chi connectivity index (χ0n) is 13.6. The summed E-state index contributed by atoms with van der Waals surface area (Å²) in [6.07, 6.45) is -6.21. The van der Waals surface area contributed by atoms with Crippen molar-refractivity contribution in [3.05, 3.63) is 29.3 Å². The van der Waals surface area contributed by atoms with Gasteiger partial charge in [0, 0.05) is 6.16 Å². The topological polar surface area (TPSA) is 167 Å². The maximum atomic E-state index is 13.1. The van der Waals surface area contributed by atoms with Crippen molar-refractivity contribution in [2.45, 2.75) is 24.5 Å². The Labute approximate surface area is 150 Å². The molecular weight excluding hydrogens is 398 g/mol. The minimum absolute atomic E-state index is 0.363. The Kier molecular flexibility index (Phi) is 7.38. The average molecular weight is 415 g/mol. The number of ether oxygens (including phenoxy) is 1. The van der Waals surface area contributed by atoms with Crippen molar-refractivity contribution in [3.8, 4) is 5.75 Å². The van der Waals surface area contributed by atoms with Crippen LogP contribution in [0.15, 0.2) is 18.2 Å². The van der Waals surface area contributed by atoms with Crippen LogP contribution in [-0.2, 0) is 20.3 Å². The number of hydrogen-bond acceptors (Lipinski definition) is 6. The SMILES string of the molecule is N[C@@H](CCP(=O)(O)C(O)c1ccc(OCC(=O)O)c(C(F)(F)F)c1)C(=O)O. The first-order valence-electron chi connectivity index (χ1n) is 7.29. The van der Waals surface area contributed by atoms with Crippen LogP contribution in [0, 0.1) is 0 Å². The number of nitrogens with two attached hydrogens (primary N) is 1. The second kappa shape index (κ2) is 8.70. The summed E-state index contributed by atoms with van der Waals surface area (Å²) in [4.78, 5) is 30.9. The minimum Gasteiger partial charge on any atom is -0.481 e. The summed E-state index contributed by atoms with van der Waals surface area (Å²) >= 11 is 0. The molecule has 0 fully saturated rings. The highest BCUT2D eigenvalue weighted by molar-refractivity contribution is 7.58. The van der Waals surface area contributed by atoms with Gasteiger partial charge in [0.2, 0.25) is 7.37 Å². The van der Waals surface area contributed by atoms with E-state index in [0.29, 0.717) is 12.1 Å². The molecule has 1 aromatic carbocycles. The molecule has 0 radical (unpaired) electrons. The number of hydrogen-bond donors (Lipinski definition) is 5. The number of aliphatic hydroxyl groups excluding tert-OH is 1. The van der Waals surface area contributed by atoms with Gasteiger partial charge < -0.3 is 30.7 Å². The van der Waals surface area contributed by atoms with E-state index in [0.717, 1.165) is 6.07 Å². The smallest absolute Gasteiger partial charge is 0.419 e. The highest BCUT2D eigenvalue weighted by Crippen LogP contribution is 2.55. The second-order valence-electron chi connectivity index (χ2n) is 5.52. The maximum Gasteiger partial charge on any atom is 0.419 e. The lowest BCUT2D eigenvalue weighted by molar-refractivity contribution is -0.143. The standard InChI is InChI=1S/C14H17F3NO8P/c15-14(16,17)8-5-7(1-2-10(8)26-6-11(19)20)13(23)27(24,25)4-3-9(18)12(21)22/h1-2,5,9,13,23H,3-4,6,18H2,(H,19,20)(H,21,22)(H,24,25)/t9-,13?/m0/s1. The number of carboxylic acids is 2. The molecule has 0 aliphatic carbocycles. The summed E-state index contributed by atoms with van der Waals surface area (Å²) in [6.45, 7) is -1.05. The van der Waals surface area contributed by atoms with Gasteiger partial charge in [-0.3, -0.25) is 9.36 Å². The van der Waals surface area contributed by atoms with Gasteiger partial charge in [-0.1, -0.05) is 6.07 Å². The summed E-state index contributed by atoms with van der Waals surface area (Å²) in [5.74, 6) is -6.01. The van der Waals surface area contributed by atoms with E-state index in [2.05, 4.69) is 4.74 Å². The van der Waals surface area contributed by atoms with Gasteiger partial charge in [-0.25, -0.2) is 4.79 Å². The van der Waals surface area contributed by atoms with Crippen LogP contribution in [0.1, 0.15) is 23.4 Å². The lowest BCUT2D eigenvalue weighted by Crippen LogP contribution is -2.31. The average Bonchev–Trinajstić information content (AvgIpc) is 2.56. The zero-order valence-corrected chi connectivity index (χ0v) is 14.5. The monoisotopic (exact) mass is 415 g/mol. The van der Waals surface area contributed by atoms with Crippen LogP contribution >= 0.6 is 7.37 Å². The number of alkyl halides is 3. The van der Waals surface area contributed by atoms with Crippen molar-refractivity contribution < 1.29 is 52.3 Å². The molecule has 1 rings (SSSR count). The highest BCUT2D eigenvalue weighted by atomic mass is 31.2. The maximum absolute atomic E-state index is 13.1. The van der Waals surface area contributed by atoms with E-state index in [4.69, 9.17) is 15.9 Å². The van der Waals surface area contributed by atoms with Gasteiger partial charge in [0.25, 0.3) is 0 Å². The molecule has 0 saturated carbocycles. The lowest BCUT2D eigenvalue weighted by atomic mass is 10.1. The fraction of sp³-hybridized carbons (Fsp3) is 0.429. The van der Waals surface area contributed by atoms with Gasteiger partial charge in [0.15, 0.2) is 12.5 Å². The molecule has 1 aromatic rings. The molecule has 13 heteroatoms. The Morgan fingerprint density at radius 3 is 2.33 bits per heavy atom. The molecule has 3 atom stereocenters. The Balaban J connectivity index is 3.12. The molecule has 0 bridgehead atoms. The largest absolute Gasteiger partial charge is 0.481 e. The highest BCUT2D eigenvalue weighted by Gasteiger charge is 2.38. The molecular formula is C14H17F3NO8P. The third-order valence-corrected chi connectivity index (χ3v) is 5.38. The van der Waals surface area contributed by atoms with Crippen LogP contribution in [0.3, 0.4) is 0 Å². The number of carboxylic acid groups (broad SMARTS) is 2. The first-order valence-corrected chi connectivity index (χ1v) is 9.20. The van der Waals surface area contributed by atoms with Gasteiger partial charge >= 0.3 is 18.1 Å². The molecule has 9 nitrogen and oxygen atoms in total. The zero-order chi connectivity index (χ0) is 21.0. The van der Waals surface area contributed by atoms with E-state index in [9.17, 15) is 37.3 Å². The quantitative estimate of drug-likeness (QED) is 0.373. The van der Waals surface area contributed by atoms with Crippen molar-refractivity contribution in [2.75, 3.05) is 12.8 Å². The molecule has 2 unspecified atom stereocenters. The van der Waals surface area contributed by atoms with Gasteiger partial charge in [-0.05, 0) is 24.1 Å². The third kappa shape index (κ3) is 6.51. The van der Waals surface area contributed by atoms with Crippen molar-refractivity contribution in [2.24, 2.45) is 5.73 Å². The first-order chi connectivity index (χ1) is 12.3. The molecule has 0 aliphatic heterocycles. The Hall–Kier alpha value is -2.14. The molecule has 27 heavy (non-hydrogen) atoms. The predicted octanol–water partition coefficient (Wildman–Crippen LogP) is 1.23. The molecule has 0 spiro atoms. The van der Waals surface area contributed by atoms with Crippen LogP contribution < -0.4 is 10.5 Å². The van der Waals surface area contributed by atoms with Crippen molar-refractivity contribution >= 4 is 19.3 Å². The molecule has 152 valence electrons. The van der Waals surface area contributed by atoms with E-state index in [1.54, 1.807) is 0 Å².